The van der Waals surface area contributed by atoms with E-state index in [2.05, 4.69) is 17.5 Å². The van der Waals surface area contributed by atoms with E-state index in [9.17, 15) is 9.59 Å². The van der Waals surface area contributed by atoms with E-state index >= 15 is 0 Å². The summed E-state index contributed by atoms with van der Waals surface area (Å²) in [6, 6.07) is 0. The number of amides is 1. The fourth-order valence-electron chi connectivity index (χ4n) is 4.19. The van der Waals surface area contributed by atoms with Gasteiger partial charge in [0.25, 0.3) is 0 Å². The molecule has 2 atom stereocenters. The lowest BCUT2D eigenvalue weighted by Gasteiger charge is -2.16. The topological polar surface area (TPSA) is 92.3 Å². The summed E-state index contributed by atoms with van der Waals surface area (Å²) in [4.78, 5) is 23.6. The van der Waals surface area contributed by atoms with Crippen LogP contribution in [0.2, 0.25) is 0 Å². The number of rotatable bonds is 17. The molecule has 0 heterocycles. The molecule has 8 heteroatoms. The maximum atomic E-state index is 11.8. The van der Waals surface area contributed by atoms with Crippen molar-refractivity contribution >= 4 is 11.9 Å². The molecule has 34 heavy (non-hydrogen) atoms. The van der Waals surface area contributed by atoms with Crippen LogP contribution < -0.4 is 5.32 Å². The number of Topliss-reactive ketones (excluding diaryl/α,β-unsaturated/α-hetero) is 1. The molecule has 1 saturated carbocycles. The minimum Gasteiger partial charge on any atom is -0.449 e. The van der Waals surface area contributed by atoms with Crippen molar-refractivity contribution in [3.8, 4) is 0 Å². The first-order valence-corrected chi connectivity index (χ1v) is 12.8. The van der Waals surface area contributed by atoms with Gasteiger partial charge < -0.3 is 29.0 Å². The Morgan fingerprint density at radius 3 is 1.82 bits per heavy atom. The lowest BCUT2D eigenvalue weighted by molar-refractivity contribution is -0.127. The fourth-order valence-corrected chi connectivity index (χ4v) is 4.19. The Morgan fingerprint density at radius 1 is 0.794 bits per heavy atom. The zero-order chi connectivity index (χ0) is 24.7. The zero-order valence-corrected chi connectivity index (χ0v) is 21.4. The first kappa shape index (κ1) is 28.8. The Bertz CT molecular complexity index is 601. The van der Waals surface area contributed by atoms with Crippen molar-refractivity contribution in [1.29, 1.82) is 0 Å². The summed E-state index contributed by atoms with van der Waals surface area (Å²) in [6.07, 6.45) is 9.35. The number of nitrogens with one attached hydrogen (secondary N) is 1. The molecule has 2 aliphatic carbocycles. The van der Waals surface area contributed by atoms with Gasteiger partial charge in [0.05, 0.1) is 59.5 Å². The molecule has 1 N–H and O–H groups in total. The predicted octanol–water partition coefficient (Wildman–Crippen LogP) is 3.78. The van der Waals surface area contributed by atoms with Crippen molar-refractivity contribution in [1.82, 2.24) is 5.32 Å². The number of ketones is 1. The Kier molecular flexibility index (Phi) is 13.7. The molecular formula is C26H45NO7. The van der Waals surface area contributed by atoms with Gasteiger partial charge in [0.1, 0.15) is 5.78 Å². The van der Waals surface area contributed by atoms with Gasteiger partial charge >= 0.3 is 6.09 Å². The van der Waals surface area contributed by atoms with Crippen LogP contribution in [-0.2, 0) is 28.5 Å². The van der Waals surface area contributed by atoms with Crippen LogP contribution >= 0.6 is 0 Å². The normalized spacial score (nSPS) is 22.9. The molecule has 0 spiro atoms. The van der Waals surface area contributed by atoms with Gasteiger partial charge in [0.2, 0.25) is 0 Å². The van der Waals surface area contributed by atoms with E-state index in [0.717, 1.165) is 24.7 Å². The van der Waals surface area contributed by atoms with Gasteiger partial charge in [0, 0.05) is 18.4 Å². The highest BCUT2D eigenvalue weighted by atomic mass is 16.6. The lowest BCUT2D eigenvalue weighted by Crippen LogP contribution is -2.29. The molecule has 0 saturated heterocycles. The second-order valence-corrected chi connectivity index (χ2v) is 10.0. The number of allylic oxidation sites excluding steroid dienone is 2. The maximum absolute atomic E-state index is 11.8. The molecular weight excluding hydrogens is 438 g/mol. The molecule has 2 rings (SSSR count). The molecule has 2 unspecified atom stereocenters. The number of carbonyl (C=O) groups is 2. The van der Waals surface area contributed by atoms with E-state index in [4.69, 9.17) is 23.7 Å². The standard InChI is InChI=1S/C26H45NO7/c1-26(2,3)24(28)10-12-30-14-16-32-18-19-33-17-15-31-13-11-27-25(29)34-20-23-21-8-6-4-5-7-9-22(21)23/h4-5,21-23H,6-20H2,1-3H3,(H,27,29)/b5-4-. The van der Waals surface area contributed by atoms with E-state index in [1.54, 1.807) is 0 Å². The van der Waals surface area contributed by atoms with E-state index in [0.29, 0.717) is 78.3 Å². The van der Waals surface area contributed by atoms with Gasteiger partial charge in [-0.15, -0.1) is 0 Å². The van der Waals surface area contributed by atoms with Crippen LogP contribution in [0.5, 0.6) is 0 Å². The third-order valence-electron chi connectivity index (χ3n) is 6.36. The Morgan fingerprint density at radius 2 is 1.29 bits per heavy atom. The van der Waals surface area contributed by atoms with E-state index in [-0.39, 0.29) is 17.3 Å². The number of ether oxygens (including phenoxy) is 5. The number of hydrogen-bond donors (Lipinski definition) is 1. The average Bonchev–Trinajstić information content (AvgIpc) is 3.42. The maximum Gasteiger partial charge on any atom is 0.407 e. The molecule has 2 aliphatic rings. The molecule has 1 amide bonds. The highest BCUT2D eigenvalue weighted by Gasteiger charge is 2.49. The van der Waals surface area contributed by atoms with Crippen molar-refractivity contribution < 1.29 is 33.3 Å². The van der Waals surface area contributed by atoms with Gasteiger partial charge in [-0.3, -0.25) is 4.79 Å². The number of carbonyl (C=O) groups excluding carboxylic acids is 2. The summed E-state index contributed by atoms with van der Waals surface area (Å²) in [5.74, 6) is 2.21. The third-order valence-corrected chi connectivity index (χ3v) is 6.36. The van der Waals surface area contributed by atoms with E-state index < -0.39 is 0 Å². The second kappa shape index (κ2) is 16.2. The molecule has 0 aromatic heterocycles. The molecule has 8 nitrogen and oxygen atoms in total. The van der Waals surface area contributed by atoms with Crippen LogP contribution in [-0.4, -0.2) is 77.9 Å². The van der Waals surface area contributed by atoms with Crippen molar-refractivity contribution in [3.63, 3.8) is 0 Å². The largest absolute Gasteiger partial charge is 0.449 e. The number of alkyl carbamates (subject to hydrolysis) is 1. The Labute approximate surface area is 205 Å². The summed E-state index contributed by atoms with van der Waals surface area (Å²) < 4.78 is 27.1. The number of fused-ring (bicyclic) bond motifs is 1. The molecule has 0 radical (unpaired) electrons. The van der Waals surface area contributed by atoms with Gasteiger partial charge in [-0.05, 0) is 43.4 Å². The molecule has 0 aliphatic heterocycles. The molecule has 196 valence electrons. The molecule has 1 fully saturated rings. The van der Waals surface area contributed by atoms with Crippen molar-refractivity contribution in [2.45, 2.75) is 52.9 Å². The van der Waals surface area contributed by atoms with Crippen molar-refractivity contribution in [2.24, 2.45) is 23.2 Å². The predicted molar refractivity (Wildman–Crippen MR) is 130 cm³/mol. The monoisotopic (exact) mass is 483 g/mol. The smallest absolute Gasteiger partial charge is 0.407 e. The van der Waals surface area contributed by atoms with Gasteiger partial charge in [0.15, 0.2) is 0 Å². The summed E-state index contributed by atoms with van der Waals surface area (Å²) in [5, 5.41) is 2.74. The van der Waals surface area contributed by atoms with Crippen LogP contribution in [0, 0.1) is 23.2 Å². The minimum atomic E-state index is -0.362. The van der Waals surface area contributed by atoms with Gasteiger partial charge in [-0.2, -0.15) is 0 Å². The van der Waals surface area contributed by atoms with Gasteiger partial charge in [-0.25, -0.2) is 4.79 Å². The summed E-state index contributed by atoms with van der Waals surface area (Å²) >= 11 is 0. The lowest BCUT2D eigenvalue weighted by atomic mass is 9.89. The first-order valence-electron chi connectivity index (χ1n) is 12.8. The van der Waals surface area contributed by atoms with Gasteiger partial charge in [-0.1, -0.05) is 32.9 Å². The van der Waals surface area contributed by atoms with Crippen molar-refractivity contribution in [2.75, 3.05) is 66.0 Å². The fraction of sp³-hybridized carbons (Fsp3) is 0.846. The molecule has 0 bridgehead atoms. The molecule has 0 aromatic carbocycles. The summed E-state index contributed by atoms with van der Waals surface area (Å²) in [6.45, 7) is 10.4. The highest BCUT2D eigenvalue weighted by molar-refractivity contribution is 5.83. The SMILES string of the molecule is CC(C)(C)C(=O)CCOCCOCCOCCOCCNC(=O)OCC1C2CC/C=C\CCC21. The molecule has 0 aromatic rings. The van der Waals surface area contributed by atoms with Crippen LogP contribution in [0.1, 0.15) is 52.9 Å². The average molecular weight is 484 g/mol. The third kappa shape index (κ3) is 12.3. The Hall–Kier alpha value is -1.48. The van der Waals surface area contributed by atoms with Crippen molar-refractivity contribution in [3.05, 3.63) is 12.2 Å². The minimum absolute atomic E-state index is 0.203. The van der Waals surface area contributed by atoms with Crippen LogP contribution in [0.4, 0.5) is 4.79 Å². The van der Waals surface area contributed by atoms with Crippen LogP contribution in [0.3, 0.4) is 0 Å². The quantitative estimate of drug-likeness (QED) is 0.249. The Balaban J connectivity index is 1.28. The van der Waals surface area contributed by atoms with Crippen LogP contribution in [0.25, 0.3) is 0 Å². The second-order valence-electron chi connectivity index (χ2n) is 10.0. The zero-order valence-electron chi connectivity index (χ0n) is 21.4. The highest BCUT2D eigenvalue weighted by Crippen LogP contribution is 2.52. The first-order chi connectivity index (χ1) is 16.4. The van der Waals surface area contributed by atoms with E-state index in [1.807, 2.05) is 20.8 Å². The summed E-state index contributed by atoms with van der Waals surface area (Å²) in [5.41, 5.74) is -0.310. The van der Waals surface area contributed by atoms with Crippen LogP contribution in [0.15, 0.2) is 12.2 Å². The summed E-state index contributed by atoms with van der Waals surface area (Å²) in [7, 11) is 0. The van der Waals surface area contributed by atoms with E-state index in [1.165, 1.54) is 12.8 Å². The number of hydrogen-bond acceptors (Lipinski definition) is 7.